The van der Waals surface area contributed by atoms with Gasteiger partial charge in [-0.2, -0.15) is 4.31 Å². The predicted molar refractivity (Wildman–Crippen MR) is 120 cm³/mol. The molecule has 1 aliphatic heterocycles. The predicted octanol–water partition coefficient (Wildman–Crippen LogP) is 2.75. The fraction of sp³-hybridized carbons (Fsp3) is 0.391. The summed E-state index contributed by atoms with van der Waals surface area (Å²) < 4.78 is 26.4. The first-order valence-electron chi connectivity index (χ1n) is 10.4. The van der Waals surface area contributed by atoms with Gasteiger partial charge in [0.05, 0.1) is 10.8 Å². The van der Waals surface area contributed by atoms with Crippen molar-refractivity contribution in [1.82, 2.24) is 9.21 Å². The van der Waals surface area contributed by atoms with Gasteiger partial charge in [-0.1, -0.05) is 30.3 Å². The zero-order chi connectivity index (χ0) is 22.6. The Morgan fingerprint density at radius 2 is 1.77 bits per heavy atom. The van der Waals surface area contributed by atoms with Crippen LogP contribution in [0.5, 0.6) is 0 Å². The van der Waals surface area contributed by atoms with Crippen LogP contribution in [0.25, 0.3) is 0 Å². The van der Waals surface area contributed by atoms with E-state index in [1.807, 2.05) is 30.3 Å². The number of anilines is 1. The highest BCUT2D eigenvalue weighted by Gasteiger charge is 2.34. The lowest BCUT2D eigenvalue weighted by atomic mass is 10.1. The van der Waals surface area contributed by atoms with E-state index >= 15 is 0 Å². The molecule has 0 unspecified atom stereocenters. The molecule has 0 saturated carbocycles. The molecule has 2 aromatic carbocycles. The van der Waals surface area contributed by atoms with Crippen LogP contribution in [-0.4, -0.2) is 55.6 Å². The molecule has 0 aliphatic carbocycles. The Kier molecular flexibility index (Phi) is 7.12. The van der Waals surface area contributed by atoms with Crippen LogP contribution in [0.3, 0.4) is 0 Å². The van der Waals surface area contributed by atoms with Gasteiger partial charge in [0.1, 0.15) is 0 Å². The topological polar surface area (TPSA) is 86.8 Å². The fourth-order valence-electron chi connectivity index (χ4n) is 3.47. The van der Waals surface area contributed by atoms with Crippen LogP contribution in [-0.2, 0) is 26.0 Å². The van der Waals surface area contributed by atoms with Gasteiger partial charge in [0.15, 0.2) is 0 Å². The second kappa shape index (κ2) is 9.62. The van der Waals surface area contributed by atoms with Gasteiger partial charge in [0.2, 0.25) is 21.8 Å². The molecule has 7 nitrogen and oxygen atoms in total. The second-order valence-corrected chi connectivity index (χ2v) is 10.1. The molecule has 0 bridgehead atoms. The lowest BCUT2D eigenvalue weighted by Gasteiger charge is -2.21. The van der Waals surface area contributed by atoms with Crippen LogP contribution in [0.2, 0.25) is 0 Å². The number of likely N-dealkylation sites (tertiary alicyclic amines) is 1. The monoisotopic (exact) mass is 443 g/mol. The van der Waals surface area contributed by atoms with Crippen LogP contribution in [0, 0.1) is 5.92 Å². The third-order valence-corrected chi connectivity index (χ3v) is 7.67. The number of rotatable bonds is 8. The Morgan fingerprint density at radius 3 is 2.39 bits per heavy atom. The van der Waals surface area contributed by atoms with Crippen LogP contribution >= 0.6 is 0 Å². The van der Waals surface area contributed by atoms with Gasteiger partial charge >= 0.3 is 0 Å². The minimum absolute atomic E-state index is 0.0192. The molecule has 8 heteroatoms. The van der Waals surface area contributed by atoms with Gasteiger partial charge in [-0.3, -0.25) is 9.59 Å². The summed E-state index contributed by atoms with van der Waals surface area (Å²) in [5.74, 6) is -0.668. The molecule has 1 atom stereocenters. The molecule has 2 amide bonds. The number of sulfonamides is 1. The largest absolute Gasteiger partial charge is 0.342 e. The van der Waals surface area contributed by atoms with Crippen molar-refractivity contribution < 1.29 is 18.0 Å². The summed E-state index contributed by atoms with van der Waals surface area (Å²) in [6, 6.07) is 15.9. The lowest BCUT2D eigenvalue weighted by molar-refractivity contribution is -0.128. The average Bonchev–Trinajstić information content (AvgIpc) is 3.13. The molecule has 0 spiro atoms. The van der Waals surface area contributed by atoms with E-state index in [1.165, 1.54) is 23.5 Å². The van der Waals surface area contributed by atoms with Crippen LogP contribution in [0.1, 0.15) is 25.8 Å². The van der Waals surface area contributed by atoms with Gasteiger partial charge in [-0.05, 0) is 50.1 Å². The Bertz CT molecular complexity index is 1020. The summed E-state index contributed by atoms with van der Waals surface area (Å²) in [7, 11) is -2.04. The van der Waals surface area contributed by atoms with Gasteiger partial charge in [-0.15, -0.1) is 0 Å². The molecule has 1 N–H and O–H groups in total. The first-order chi connectivity index (χ1) is 14.7. The van der Waals surface area contributed by atoms with Gasteiger partial charge in [0, 0.05) is 38.3 Å². The van der Waals surface area contributed by atoms with Crippen molar-refractivity contribution in [3.05, 3.63) is 60.2 Å². The Morgan fingerprint density at radius 1 is 1.13 bits per heavy atom. The first kappa shape index (κ1) is 23.0. The van der Waals surface area contributed by atoms with E-state index < -0.39 is 15.9 Å². The quantitative estimate of drug-likeness (QED) is 0.680. The number of carbonyl (C=O) groups excluding carboxylic acids is 2. The highest BCUT2D eigenvalue weighted by Crippen LogP contribution is 2.22. The molecule has 2 aromatic rings. The molecule has 1 fully saturated rings. The second-order valence-electron chi connectivity index (χ2n) is 8.11. The maximum Gasteiger partial charge on any atom is 0.243 e. The van der Waals surface area contributed by atoms with E-state index in [0.29, 0.717) is 18.8 Å². The van der Waals surface area contributed by atoms with Crippen LogP contribution in [0.15, 0.2) is 59.5 Å². The van der Waals surface area contributed by atoms with Crippen molar-refractivity contribution in [1.29, 1.82) is 0 Å². The zero-order valence-corrected chi connectivity index (χ0v) is 18.9. The molecule has 0 aromatic heterocycles. The molecular weight excluding hydrogens is 414 g/mol. The van der Waals surface area contributed by atoms with E-state index in [2.05, 4.69) is 5.32 Å². The van der Waals surface area contributed by atoms with Gasteiger partial charge in [0.25, 0.3) is 0 Å². The van der Waals surface area contributed by atoms with Crippen molar-refractivity contribution in [2.24, 2.45) is 5.92 Å². The first-order valence-corrected chi connectivity index (χ1v) is 11.8. The van der Waals surface area contributed by atoms with Crippen LogP contribution < -0.4 is 5.32 Å². The summed E-state index contributed by atoms with van der Waals surface area (Å²) in [6.45, 7) is 4.59. The third kappa shape index (κ3) is 5.51. The molecule has 1 saturated heterocycles. The van der Waals surface area contributed by atoms with Crippen molar-refractivity contribution in [2.45, 2.75) is 37.6 Å². The Balaban J connectivity index is 1.57. The smallest absolute Gasteiger partial charge is 0.243 e. The van der Waals surface area contributed by atoms with E-state index in [4.69, 9.17) is 0 Å². The van der Waals surface area contributed by atoms with E-state index in [9.17, 15) is 18.0 Å². The molecule has 166 valence electrons. The summed E-state index contributed by atoms with van der Waals surface area (Å²) in [5, 5.41) is 2.80. The van der Waals surface area contributed by atoms with Gasteiger partial charge in [-0.25, -0.2) is 8.42 Å². The lowest BCUT2D eigenvalue weighted by Crippen LogP contribution is -2.33. The van der Waals surface area contributed by atoms with Crippen LogP contribution in [0.4, 0.5) is 5.69 Å². The van der Waals surface area contributed by atoms with E-state index in [0.717, 1.165) is 12.0 Å². The van der Waals surface area contributed by atoms with Crippen molar-refractivity contribution in [3.8, 4) is 0 Å². The average molecular weight is 444 g/mol. The highest BCUT2D eigenvalue weighted by atomic mass is 32.2. The number of hydrogen-bond acceptors (Lipinski definition) is 4. The van der Waals surface area contributed by atoms with Crippen molar-refractivity contribution >= 4 is 27.5 Å². The number of nitrogens with one attached hydrogen (secondary N) is 1. The fourth-order valence-corrected chi connectivity index (χ4v) is 4.84. The molecule has 1 aliphatic rings. The number of carbonyl (C=O) groups is 2. The van der Waals surface area contributed by atoms with E-state index in [-0.39, 0.29) is 29.2 Å². The summed E-state index contributed by atoms with van der Waals surface area (Å²) in [4.78, 5) is 26.9. The SMILES string of the molecule is CC(C)N(C)S(=O)(=O)c1ccc(NC(=O)[C@H]2CC(=O)N(CCc3ccccc3)C2)cc1. The van der Waals surface area contributed by atoms with E-state index in [1.54, 1.807) is 30.9 Å². The number of nitrogens with zero attached hydrogens (tertiary/aromatic N) is 2. The number of amides is 2. The van der Waals surface area contributed by atoms with Crippen molar-refractivity contribution in [3.63, 3.8) is 0 Å². The standard InChI is InChI=1S/C23H29N3O4S/c1-17(2)25(3)31(29,30)21-11-9-20(10-12-21)24-23(28)19-15-22(27)26(16-19)14-13-18-7-5-4-6-8-18/h4-12,17,19H,13-16H2,1-3H3,(H,24,28)/t19-/m0/s1. The summed E-state index contributed by atoms with van der Waals surface area (Å²) in [6.07, 6.45) is 0.938. The summed E-state index contributed by atoms with van der Waals surface area (Å²) >= 11 is 0. The Labute approximate surface area is 184 Å². The molecular formula is C23H29N3O4S. The molecule has 0 radical (unpaired) electrons. The van der Waals surface area contributed by atoms with Gasteiger partial charge < -0.3 is 10.2 Å². The summed E-state index contributed by atoms with van der Waals surface area (Å²) in [5.41, 5.74) is 1.66. The zero-order valence-electron chi connectivity index (χ0n) is 18.1. The number of hydrogen-bond donors (Lipinski definition) is 1. The number of benzene rings is 2. The minimum atomic E-state index is -3.57. The molecule has 1 heterocycles. The van der Waals surface area contributed by atoms with Crippen molar-refractivity contribution in [2.75, 3.05) is 25.5 Å². The maximum absolute atomic E-state index is 12.6. The normalized spacial score (nSPS) is 16.9. The molecule has 31 heavy (non-hydrogen) atoms. The maximum atomic E-state index is 12.6. The minimum Gasteiger partial charge on any atom is -0.342 e. The molecule has 3 rings (SSSR count). The third-order valence-electron chi connectivity index (χ3n) is 5.62. The highest BCUT2D eigenvalue weighted by molar-refractivity contribution is 7.89. The Hall–Kier alpha value is -2.71.